The summed E-state index contributed by atoms with van der Waals surface area (Å²) < 4.78 is 10.4. The lowest BCUT2D eigenvalue weighted by atomic mass is 9.80. The van der Waals surface area contributed by atoms with Crippen molar-refractivity contribution in [3.8, 4) is 11.5 Å². The summed E-state index contributed by atoms with van der Waals surface area (Å²) in [6.45, 7) is 3.73. The highest BCUT2D eigenvalue weighted by atomic mass is 16.5. The summed E-state index contributed by atoms with van der Waals surface area (Å²) >= 11 is 0. The number of hydrogen-bond acceptors (Lipinski definition) is 4. The molecule has 0 spiro atoms. The van der Waals surface area contributed by atoms with Gasteiger partial charge in [-0.3, -0.25) is 4.79 Å². The van der Waals surface area contributed by atoms with Gasteiger partial charge in [0, 0.05) is 5.41 Å². The van der Waals surface area contributed by atoms with E-state index < -0.39 is 5.41 Å². The molecule has 0 heterocycles. The molecule has 1 aromatic rings. The minimum atomic E-state index is -0.617. The molecule has 0 fully saturated rings. The highest BCUT2D eigenvalue weighted by Crippen LogP contribution is 2.33. The third-order valence-corrected chi connectivity index (χ3v) is 2.99. The van der Waals surface area contributed by atoms with Crippen LogP contribution in [0, 0.1) is 0 Å². The zero-order chi connectivity index (χ0) is 13.1. The summed E-state index contributed by atoms with van der Waals surface area (Å²) in [5.74, 6) is 1.25. The summed E-state index contributed by atoms with van der Waals surface area (Å²) in [5.41, 5.74) is 5.67. The summed E-state index contributed by atoms with van der Waals surface area (Å²) in [5, 5.41) is 0. The molecule has 17 heavy (non-hydrogen) atoms. The maximum Gasteiger partial charge on any atom is 0.161 e. The lowest BCUT2D eigenvalue weighted by molar-refractivity contribution is -0.122. The molecule has 0 amide bonds. The summed E-state index contributed by atoms with van der Waals surface area (Å²) in [6.07, 6.45) is 0. The van der Waals surface area contributed by atoms with E-state index in [1.54, 1.807) is 20.3 Å². The summed E-state index contributed by atoms with van der Waals surface area (Å²) in [6, 6.07) is 5.46. The van der Waals surface area contributed by atoms with Gasteiger partial charge in [-0.25, -0.2) is 0 Å². The number of Topliss-reactive ketones (excluding diaryl/α,β-unsaturated/α-hetero) is 1. The molecule has 0 saturated carbocycles. The first kappa shape index (κ1) is 13.5. The van der Waals surface area contributed by atoms with Crippen molar-refractivity contribution in [2.75, 3.05) is 20.8 Å². The zero-order valence-electron chi connectivity index (χ0n) is 10.7. The summed E-state index contributed by atoms with van der Waals surface area (Å²) in [4.78, 5) is 11.8. The molecule has 0 saturated heterocycles. The highest BCUT2D eigenvalue weighted by molar-refractivity contribution is 5.90. The summed E-state index contributed by atoms with van der Waals surface area (Å²) in [7, 11) is 3.15. The molecule has 0 radical (unpaired) electrons. The van der Waals surface area contributed by atoms with Crippen LogP contribution in [0.3, 0.4) is 0 Å². The third kappa shape index (κ3) is 2.58. The van der Waals surface area contributed by atoms with Crippen molar-refractivity contribution < 1.29 is 14.3 Å². The van der Waals surface area contributed by atoms with Gasteiger partial charge in [-0.05, 0) is 31.5 Å². The van der Waals surface area contributed by atoms with E-state index in [1.807, 2.05) is 26.0 Å². The van der Waals surface area contributed by atoms with Gasteiger partial charge >= 0.3 is 0 Å². The second-order valence-electron chi connectivity index (χ2n) is 4.32. The van der Waals surface area contributed by atoms with Crippen molar-refractivity contribution in [3.63, 3.8) is 0 Å². The number of nitrogens with two attached hydrogens (primary N) is 1. The van der Waals surface area contributed by atoms with E-state index in [0.29, 0.717) is 11.5 Å². The highest BCUT2D eigenvalue weighted by Gasteiger charge is 2.29. The van der Waals surface area contributed by atoms with Crippen LogP contribution in [-0.2, 0) is 10.2 Å². The minimum absolute atomic E-state index is 0.00952. The van der Waals surface area contributed by atoms with E-state index in [9.17, 15) is 4.79 Å². The lowest BCUT2D eigenvalue weighted by Gasteiger charge is -2.24. The smallest absolute Gasteiger partial charge is 0.161 e. The van der Waals surface area contributed by atoms with Crippen LogP contribution in [0.5, 0.6) is 11.5 Å². The lowest BCUT2D eigenvalue weighted by Crippen LogP contribution is -2.34. The number of carbonyl (C=O) groups excluding carboxylic acids is 1. The number of hydrogen-bond donors (Lipinski definition) is 1. The van der Waals surface area contributed by atoms with Gasteiger partial charge in [0.15, 0.2) is 17.3 Å². The molecule has 1 rings (SSSR count). The largest absolute Gasteiger partial charge is 0.493 e. The van der Waals surface area contributed by atoms with Gasteiger partial charge in [-0.15, -0.1) is 0 Å². The number of ether oxygens (including phenoxy) is 2. The van der Waals surface area contributed by atoms with Crippen LogP contribution in [0.4, 0.5) is 0 Å². The molecule has 2 N–H and O–H groups in total. The minimum Gasteiger partial charge on any atom is -0.493 e. The van der Waals surface area contributed by atoms with Crippen LogP contribution in [-0.4, -0.2) is 26.5 Å². The van der Waals surface area contributed by atoms with Crippen molar-refractivity contribution in [3.05, 3.63) is 23.8 Å². The first-order valence-electron chi connectivity index (χ1n) is 5.43. The first-order chi connectivity index (χ1) is 7.97. The molecule has 0 bridgehead atoms. The molecule has 4 heteroatoms. The second-order valence-corrected chi connectivity index (χ2v) is 4.32. The normalized spacial score (nSPS) is 11.1. The van der Waals surface area contributed by atoms with Crippen LogP contribution in [0.15, 0.2) is 18.2 Å². The molecular formula is C13H19NO3. The quantitative estimate of drug-likeness (QED) is 0.843. The van der Waals surface area contributed by atoms with Gasteiger partial charge in [0.25, 0.3) is 0 Å². The van der Waals surface area contributed by atoms with Crippen LogP contribution < -0.4 is 15.2 Å². The second kappa shape index (κ2) is 5.19. The first-order valence-corrected chi connectivity index (χ1v) is 5.43. The maximum atomic E-state index is 11.8. The number of carbonyl (C=O) groups is 1. The molecule has 4 nitrogen and oxygen atoms in total. The van der Waals surface area contributed by atoms with Crippen molar-refractivity contribution in [1.82, 2.24) is 0 Å². The van der Waals surface area contributed by atoms with Crippen molar-refractivity contribution in [1.29, 1.82) is 0 Å². The molecule has 0 aliphatic carbocycles. The van der Waals surface area contributed by atoms with E-state index in [-0.39, 0.29) is 12.3 Å². The maximum absolute atomic E-state index is 11.8. The SMILES string of the molecule is COc1ccc(C(C)(C)C(=O)CN)cc1OC. The molecule has 0 aliphatic heterocycles. The number of methoxy groups -OCH3 is 2. The van der Waals surface area contributed by atoms with Crippen LogP contribution in [0.25, 0.3) is 0 Å². The van der Waals surface area contributed by atoms with Crippen LogP contribution >= 0.6 is 0 Å². The third-order valence-electron chi connectivity index (χ3n) is 2.99. The predicted octanol–water partition coefficient (Wildman–Crippen LogP) is 1.51. The van der Waals surface area contributed by atoms with E-state index in [2.05, 4.69) is 0 Å². The van der Waals surface area contributed by atoms with E-state index in [4.69, 9.17) is 15.2 Å². The molecule has 94 valence electrons. The van der Waals surface area contributed by atoms with Gasteiger partial charge in [0.2, 0.25) is 0 Å². The van der Waals surface area contributed by atoms with Crippen molar-refractivity contribution in [2.45, 2.75) is 19.3 Å². The van der Waals surface area contributed by atoms with E-state index in [1.165, 1.54) is 0 Å². The number of ketones is 1. The van der Waals surface area contributed by atoms with Crippen LogP contribution in [0.2, 0.25) is 0 Å². The Morgan fingerprint density at radius 1 is 1.24 bits per heavy atom. The molecule has 0 atom stereocenters. The molecule has 0 aliphatic rings. The van der Waals surface area contributed by atoms with Gasteiger partial charge < -0.3 is 15.2 Å². The zero-order valence-corrected chi connectivity index (χ0v) is 10.7. The Labute approximate surface area is 102 Å². The monoisotopic (exact) mass is 237 g/mol. The molecule has 0 unspecified atom stereocenters. The fraction of sp³-hybridized carbons (Fsp3) is 0.462. The van der Waals surface area contributed by atoms with Gasteiger partial charge in [0.05, 0.1) is 20.8 Å². The Bertz CT molecular complexity index is 413. The van der Waals surface area contributed by atoms with Gasteiger partial charge in [-0.1, -0.05) is 6.07 Å². The number of rotatable bonds is 5. The average Bonchev–Trinajstić information content (AvgIpc) is 2.36. The van der Waals surface area contributed by atoms with Gasteiger partial charge in [-0.2, -0.15) is 0 Å². The standard InChI is InChI=1S/C13H19NO3/c1-13(2,12(15)8-14)9-5-6-10(16-3)11(7-9)17-4/h5-7H,8,14H2,1-4H3. The Hall–Kier alpha value is -1.55. The van der Waals surface area contributed by atoms with Gasteiger partial charge in [0.1, 0.15) is 0 Å². The topological polar surface area (TPSA) is 61.5 Å². The Balaban J connectivity index is 3.19. The van der Waals surface area contributed by atoms with E-state index >= 15 is 0 Å². The van der Waals surface area contributed by atoms with Crippen LogP contribution in [0.1, 0.15) is 19.4 Å². The Morgan fingerprint density at radius 2 is 1.82 bits per heavy atom. The Kier molecular flexibility index (Phi) is 4.12. The predicted molar refractivity (Wildman–Crippen MR) is 66.6 cm³/mol. The molecular weight excluding hydrogens is 218 g/mol. The number of benzene rings is 1. The fourth-order valence-electron chi connectivity index (χ4n) is 1.64. The average molecular weight is 237 g/mol. The van der Waals surface area contributed by atoms with Crippen molar-refractivity contribution in [2.24, 2.45) is 5.73 Å². The molecule has 0 aromatic heterocycles. The molecule has 1 aromatic carbocycles. The van der Waals surface area contributed by atoms with E-state index in [0.717, 1.165) is 5.56 Å². The Morgan fingerprint density at radius 3 is 2.29 bits per heavy atom. The fourth-order valence-corrected chi connectivity index (χ4v) is 1.64. The van der Waals surface area contributed by atoms with Crippen molar-refractivity contribution >= 4 is 5.78 Å².